The highest BCUT2D eigenvalue weighted by Gasteiger charge is 2.19. The number of hydrogen-bond donors (Lipinski definition) is 2. The van der Waals surface area contributed by atoms with Gasteiger partial charge in [0, 0.05) is 37.7 Å². The van der Waals surface area contributed by atoms with Crippen LogP contribution in [0.5, 0.6) is 0 Å². The molecule has 96 valence electrons. The van der Waals surface area contributed by atoms with Crippen LogP contribution < -0.4 is 5.32 Å². The second kappa shape index (κ2) is 6.28. The van der Waals surface area contributed by atoms with Crippen molar-refractivity contribution in [1.29, 1.82) is 0 Å². The Bertz CT molecular complexity index is 336. The molecule has 17 heavy (non-hydrogen) atoms. The first-order valence-corrected chi connectivity index (χ1v) is 7.02. The monoisotopic (exact) mass is 256 g/mol. The number of anilines is 1. The van der Waals surface area contributed by atoms with E-state index in [0.29, 0.717) is 0 Å². The van der Waals surface area contributed by atoms with Gasteiger partial charge >= 0.3 is 0 Å². The van der Waals surface area contributed by atoms with Crippen molar-refractivity contribution in [2.24, 2.45) is 0 Å². The summed E-state index contributed by atoms with van der Waals surface area (Å²) < 4.78 is 4.01. The van der Waals surface area contributed by atoms with Gasteiger partial charge in [-0.3, -0.25) is 4.90 Å². The number of aliphatic hydroxyl groups excluding tert-OH is 1. The average Bonchev–Trinajstić information content (AvgIpc) is 2.77. The zero-order chi connectivity index (χ0) is 12.1. The van der Waals surface area contributed by atoms with Crippen LogP contribution in [0.1, 0.15) is 31.9 Å². The van der Waals surface area contributed by atoms with E-state index in [-0.39, 0.29) is 6.10 Å². The second-order valence-electron chi connectivity index (χ2n) is 4.48. The van der Waals surface area contributed by atoms with Gasteiger partial charge in [-0.1, -0.05) is 11.4 Å². The van der Waals surface area contributed by atoms with Crippen LogP contribution in [0.2, 0.25) is 0 Å². The van der Waals surface area contributed by atoms with E-state index in [9.17, 15) is 5.11 Å². The summed E-state index contributed by atoms with van der Waals surface area (Å²) in [5.41, 5.74) is 1.04. The Morgan fingerprint density at radius 2 is 2.24 bits per heavy atom. The molecule has 1 aliphatic heterocycles. The third kappa shape index (κ3) is 3.62. The maximum atomic E-state index is 9.46. The van der Waals surface area contributed by atoms with Crippen molar-refractivity contribution in [3.63, 3.8) is 0 Å². The summed E-state index contributed by atoms with van der Waals surface area (Å²) in [6.45, 7) is 5.86. The molecular weight excluding hydrogens is 236 g/mol. The molecule has 2 N–H and O–H groups in total. The van der Waals surface area contributed by atoms with Crippen molar-refractivity contribution < 1.29 is 5.11 Å². The molecule has 1 fully saturated rings. The third-order valence-electron chi connectivity index (χ3n) is 3.02. The largest absolute Gasteiger partial charge is 0.393 e. The molecule has 0 spiro atoms. The first-order chi connectivity index (χ1) is 8.29. The molecule has 5 nitrogen and oxygen atoms in total. The molecule has 0 aromatic carbocycles. The van der Waals surface area contributed by atoms with Gasteiger partial charge < -0.3 is 10.4 Å². The topological polar surface area (TPSA) is 61.3 Å². The minimum absolute atomic E-state index is 0.113. The van der Waals surface area contributed by atoms with Crippen molar-refractivity contribution in [3.05, 3.63) is 5.69 Å². The molecule has 1 aliphatic rings. The predicted molar refractivity (Wildman–Crippen MR) is 69.2 cm³/mol. The third-order valence-corrected chi connectivity index (χ3v) is 3.75. The van der Waals surface area contributed by atoms with Crippen LogP contribution in [0, 0.1) is 0 Å². The number of hydrogen-bond acceptors (Lipinski definition) is 6. The molecular formula is C11H20N4OS. The van der Waals surface area contributed by atoms with Gasteiger partial charge in [-0.2, -0.15) is 0 Å². The quantitative estimate of drug-likeness (QED) is 0.832. The lowest BCUT2D eigenvalue weighted by atomic mass is 10.1. The fourth-order valence-electron chi connectivity index (χ4n) is 1.97. The minimum Gasteiger partial charge on any atom is -0.393 e. The summed E-state index contributed by atoms with van der Waals surface area (Å²) in [5, 5.41) is 18.1. The molecule has 1 saturated heterocycles. The number of rotatable bonds is 5. The Balaban J connectivity index is 1.87. The number of nitrogens with zero attached hydrogens (tertiary/aromatic N) is 3. The van der Waals surface area contributed by atoms with Gasteiger partial charge in [0.1, 0.15) is 10.7 Å². The Morgan fingerprint density at radius 3 is 2.94 bits per heavy atom. The van der Waals surface area contributed by atoms with Gasteiger partial charge in [-0.25, -0.2) is 0 Å². The zero-order valence-corrected chi connectivity index (χ0v) is 11.0. The molecule has 0 unspecified atom stereocenters. The van der Waals surface area contributed by atoms with E-state index in [2.05, 4.69) is 26.7 Å². The SMILES string of the molecule is CCCNc1snnc1CN1CCC(O)CC1. The van der Waals surface area contributed by atoms with E-state index in [1.165, 1.54) is 11.5 Å². The smallest absolute Gasteiger partial charge is 0.134 e. The second-order valence-corrected chi connectivity index (χ2v) is 5.24. The van der Waals surface area contributed by atoms with Crippen LogP contribution in [-0.4, -0.2) is 45.3 Å². The molecule has 6 heteroatoms. The van der Waals surface area contributed by atoms with Gasteiger partial charge in [0.15, 0.2) is 0 Å². The average molecular weight is 256 g/mol. The maximum absolute atomic E-state index is 9.46. The lowest BCUT2D eigenvalue weighted by Gasteiger charge is -2.28. The van der Waals surface area contributed by atoms with E-state index in [1.54, 1.807) is 0 Å². The summed E-state index contributed by atoms with van der Waals surface area (Å²) in [4.78, 5) is 2.33. The van der Waals surface area contributed by atoms with Gasteiger partial charge in [0.25, 0.3) is 0 Å². The van der Waals surface area contributed by atoms with E-state index in [1.807, 2.05) is 0 Å². The number of aromatic nitrogens is 2. The highest BCUT2D eigenvalue weighted by Crippen LogP contribution is 2.21. The first-order valence-electron chi connectivity index (χ1n) is 6.25. The Kier molecular flexibility index (Phi) is 4.70. The van der Waals surface area contributed by atoms with Gasteiger partial charge in [0.05, 0.1) is 6.10 Å². The Hall–Kier alpha value is -0.720. The van der Waals surface area contributed by atoms with Crippen molar-refractivity contribution in [3.8, 4) is 0 Å². The van der Waals surface area contributed by atoms with Crippen LogP contribution in [0.4, 0.5) is 5.00 Å². The number of piperidine rings is 1. The fraction of sp³-hybridized carbons (Fsp3) is 0.818. The summed E-state index contributed by atoms with van der Waals surface area (Å²) in [5.74, 6) is 0. The molecule has 0 amide bonds. The molecule has 0 aliphatic carbocycles. The van der Waals surface area contributed by atoms with Crippen LogP contribution >= 0.6 is 11.5 Å². The van der Waals surface area contributed by atoms with E-state index in [0.717, 1.165) is 56.1 Å². The standard InChI is InChI=1S/C11H20N4OS/c1-2-5-12-11-10(13-14-17-11)8-15-6-3-9(16)4-7-15/h9,12,16H,2-8H2,1H3. The van der Waals surface area contributed by atoms with Crippen molar-refractivity contribution in [1.82, 2.24) is 14.5 Å². The maximum Gasteiger partial charge on any atom is 0.134 e. The lowest BCUT2D eigenvalue weighted by molar-refractivity contribution is 0.0787. The summed E-state index contributed by atoms with van der Waals surface area (Å²) >= 11 is 1.43. The van der Waals surface area contributed by atoms with E-state index < -0.39 is 0 Å². The van der Waals surface area contributed by atoms with Crippen LogP contribution in [0.15, 0.2) is 0 Å². The van der Waals surface area contributed by atoms with E-state index >= 15 is 0 Å². The van der Waals surface area contributed by atoms with Gasteiger partial charge in [-0.15, -0.1) is 5.10 Å². The summed E-state index contributed by atoms with van der Waals surface area (Å²) in [6, 6.07) is 0. The molecule has 0 radical (unpaired) electrons. The van der Waals surface area contributed by atoms with Crippen LogP contribution in [0.3, 0.4) is 0 Å². The lowest BCUT2D eigenvalue weighted by Crippen LogP contribution is -2.35. The Morgan fingerprint density at radius 1 is 1.47 bits per heavy atom. The highest BCUT2D eigenvalue weighted by atomic mass is 32.1. The number of aliphatic hydroxyl groups is 1. The van der Waals surface area contributed by atoms with Gasteiger partial charge in [0.2, 0.25) is 0 Å². The fourth-order valence-corrected chi connectivity index (χ4v) is 2.57. The van der Waals surface area contributed by atoms with Crippen LogP contribution in [0.25, 0.3) is 0 Å². The summed E-state index contributed by atoms with van der Waals surface area (Å²) in [7, 11) is 0. The predicted octanol–water partition coefficient (Wildman–Crippen LogP) is 1.32. The zero-order valence-electron chi connectivity index (χ0n) is 10.2. The molecule has 0 bridgehead atoms. The summed E-state index contributed by atoms with van der Waals surface area (Å²) in [6.07, 6.45) is 2.73. The molecule has 1 aromatic rings. The molecule has 1 aromatic heterocycles. The normalized spacial score (nSPS) is 18.5. The van der Waals surface area contributed by atoms with Crippen molar-refractivity contribution in [2.75, 3.05) is 25.0 Å². The number of likely N-dealkylation sites (tertiary alicyclic amines) is 1. The first kappa shape index (κ1) is 12.7. The minimum atomic E-state index is -0.113. The van der Waals surface area contributed by atoms with E-state index in [4.69, 9.17) is 0 Å². The van der Waals surface area contributed by atoms with Gasteiger partial charge in [-0.05, 0) is 19.3 Å². The molecule has 2 rings (SSSR count). The number of nitrogens with one attached hydrogen (secondary N) is 1. The van der Waals surface area contributed by atoms with Crippen LogP contribution in [-0.2, 0) is 6.54 Å². The molecule has 0 saturated carbocycles. The Labute approximate surface area is 106 Å². The van der Waals surface area contributed by atoms with Crippen molar-refractivity contribution >= 4 is 16.5 Å². The molecule has 0 atom stereocenters. The van der Waals surface area contributed by atoms with Crippen molar-refractivity contribution in [2.45, 2.75) is 38.8 Å². The molecule has 2 heterocycles. The highest BCUT2D eigenvalue weighted by molar-refractivity contribution is 7.10.